The van der Waals surface area contributed by atoms with E-state index in [9.17, 15) is 8.42 Å². The van der Waals surface area contributed by atoms with Gasteiger partial charge in [-0.2, -0.15) is 0 Å². The number of benzene rings is 1. The molecule has 0 unspecified atom stereocenters. The first-order chi connectivity index (χ1) is 11.7. The molecule has 0 aliphatic carbocycles. The van der Waals surface area contributed by atoms with Crippen LogP contribution in [-0.4, -0.2) is 23.6 Å². The van der Waals surface area contributed by atoms with Crippen molar-refractivity contribution in [3.63, 3.8) is 0 Å². The van der Waals surface area contributed by atoms with Gasteiger partial charge in [0.1, 0.15) is 10.6 Å². The van der Waals surface area contributed by atoms with Gasteiger partial charge in [0.15, 0.2) is 0 Å². The maximum atomic E-state index is 13.0. The highest BCUT2D eigenvalue weighted by Crippen LogP contribution is 2.31. The van der Waals surface area contributed by atoms with Crippen molar-refractivity contribution >= 4 is 15.7 Å². The lowest BCUT2D eigenvalue weighted by molar-refractivity contribution is 0.531. The van der Waals surface area contributed by atoms with E-state index in [1.807, 2.05) is 32.0 Å². The largest absolute Gasteiger partial charge is 0.420 e. The zero-order chi connectivity index (χ0) is 18.4. The van der Waals surface area contributed by atoms with Crippen molar-refractivity contribution in [2.24, 2.45) is 0 Å². The van der Waals surface area contributed by atoms with Crippen LogP contribution in [0.25, 0.3) is 11.6 Å². The third kappa shape index (κ3) is 3.17. The lowest BCUT2D eigenvalue weighted by atomic mass is 10.1. The third-order valence-electron chi connectivity index (χ3n) is 4.01. The molecule has 2 N–H and O–H groups in total. The van der Waals surface area contributed by atoms with Crippen molar-refractivity contribution < 1.29 is 12.8 Å². The minimum atomic E-state index is -3.77. The summed E-state index contributed by atoms with van der Waals surface area (Å²) < 4.78 is 34.0. The molecule has 8 heteroatoms. The second-order valence-electron chi connectivity index (χ2n) is 6.13. The standard InChI is InChI=1S/C17H20N4O3S/c1-9-6-7-10(2)14(8-9)21-25(22,23)16-11(3)15(18-12(16)4)17-20-19-13(5)24-17/h6-8,18,21H,1-5H3. The minimum absolute atomic E-state index is 0.194. The summed E-state index contributed by atoms with van der Waals surface area (Å²) in [6, 6.07) is 5.64. The first-order valence-corrected chi connectivity index (χ1v) is 9.27. The highest BCUT2D eigenvalue weighted by Gasteiger charge is 2.27. The molecule has 0 saturated heterocycles. The highest BCUT2D eigenvalue weighted by molar-refractivity contribution is 7.92. The molecule has 2 heterocycles. The Balaban J connectivity index is 2.06. The number of hydrogen-bond acceptors (Lipinski definition) is 5. The van der Waals surface area contributed by atoms with Gasteiger partial charge in [-0.3, -0.25) is 4.72 Å². The van der Waals surface area contributed by atoms with E-state index >= 15 is 0 Å². The second-order valence-corrected chi connectivity index (χ2v) is 7.75. The van der Waals surface area contributed by atoms with Crippen LogP contribution in [0.3, 0.4) is 0 Å². The summed E-state index contributed by atoms with van der Waals surface area (Å²) >= 11 is 0. The summed E-state index contributed by atoms with van der Waals surface area (Å²) in [6.45, 7) is 8.88. The molecule has 0 aliphatic heterocycles. The Morgan fingerprint density at radius 1 is 1.08 bits per heavy atom. The molecule has 0 fully saturated rings. The van der Waals surface area contributed by atoms with Gasteiger partial charge in [0.2, 0.25) is 5.89 Å². The molecule has 0 atom stereocenters. The van der Waals surface area contributed by atoms with Crippen LogP contribution in [0.4, 0.5) is 5.69 Å². The van der Waals surface area contributed by atoms with Gasteiger partial charge < -0.3 is 9.40 Å². The molecule has 0 bridgehead atoms. The quantitative estimate of drug-likeness (QED) is 0.742. The minimum Gasteiger partial charge on any atom is -0.420 e. The first-order valence-electron chi connectivity index (χ1n) is 7.79. The second kappa shape index (κ2) is 6.03. The summed E-state index contributed by atoms with van der Waals surface area (Å²) in [7, 11) is -3.77. The van der Waals surface area contributed by atoms with Crippen LogP contribution in [0.5, 0.6) is 0 Å². The van der Waals surface area contributed by atoms with Crippen LogP contribution in [-0.2, 0) is 10.0 Å². The average Bonchev–Trinajstić information content (AvgIpc) is 3.06. The lowest BCUT2D eigenvalue weighted by Crippen LogP contribution is -2.15. The van der Waals surface area contributed by atoms with Crippen molar-refractivity contribution in [1.82, 2.24) is 15.2 Å². The van der Waals surface area contributed by atoms with Crippen LogP contribution >= 0.6 is 0 Å². The molecular formula is C17H20N4O3S. The molecule has 2 aromatic heterocycles. The number of nitrogens with zero attached hydrogens (tertiary/aromatic N) is 2. The Kier molecular flexibility index (Phi) is 4.16. The van der Waals surface area contributed by atoms with Crippen LogP contribution in [0.1, 0.15) is 28.3 Å². The van der Waals surface area contributed by atoms with Gasteiger partial charge in [0, 0.05) is 18.2 Å². The predicted octanol–water partition coefficient (Wildman–Crippen LogP) is 3.41. The monoisotopic (exact) mass is 360 g/mol. The van der Waals surface area contributed by atoms with Gasteiger partial charge in [-0.05, 0) is 44.9 Å². The van der Waals surface area contributed by atoms with E-state index in [4.69, 9.17) is 4.42 Å². The van der Waals surface area contributed by atoms with E-state index < -0.39 is 10.0 Å². The van der Waals surface area contributed by atoms with E-state index in [1.54, 1.807) is 20.8 Å². The molecule has 1 aromatic carbocycles. The Morgan fingerprint density at radius 3 is 2.44 bits per heavy atom. The third-order valence-corrected chi connectivity index (χ3v) is 5.65. The van der Waals surface area contributed by atoms with E-state index in [0.717, 1.165) is 11.1 Å². The van der Waals surface area contributed by atoms with Gasteiger partial charge in [0.05, 0.1) is 5.69 Å². The van der Waals surface area contributed by atoms with Gasteiger partial charge >= 0.3 is 0 Å². The van der Waals surface area contributed by atoms with Crippen molar-refractivity contribution in [2.45, 2.75) is 39.5 Å². The summed E-state index contributed by atoms with van der Waals surface area (Å²) in [4.78, 5) is 3.24. The van der Waals surface area contributed by atoms with Crippen LogP contribution in [0, 0.1) is 34.6 Å². The average molecular weight is 360 g/mol. The molecule has 7 nitrogen and oxygen atoms in total. The summed E-state index contributed by atoms with van der Waals surface area (Å²) in [5, 5.41) is 7.75. The smallest absolute Gasteiger partial charge is 0.264 e. The molecule has 3 aromatic rings. The number of aromatic nitrogens is 3. The summed E-state index contributed by atoms with van der Waals surface area (Å²) in [5.74, 6) is 0.686. The predicted molar refractivity (Wildman–Crippen MR) is 95.0 cm³/mol. The lowest BCUT2D eigenvalue weighted by Gasteiger charge is -2.12. The van der Waals surface area contributed by atoms with Crippen molar-refractivity contribution in [3.8, 4) is 11.6 Å². The van der Waals surface area contributed by atoms with E-state index in [0.29, 0.717) is 28.5 Å². The van der Waals surface area contributed by atoms with E-state index in [-0.39, 0.29) is 10.8 Å². The highest BCUT2D eigenvalue weighted by atomic mass is 32.2. The van der Waals surface area contributed by atoms with Crippen molar-refractivity contribution in [1.29, 1.82) is 0 Å². The number of aryl methyl sites for hydroxylation is 4. The fourth-order valence-corrected chi connectivity index (χ4v) is 4.36. The Bertz CT molecular complexity index is 1050. The molecule has 0 spiro atoms. The Labute approximate surface area is 146 Å². The van der Waals surface area contributed by atoms with E-state index in [2.05, 4.69) is 19.9 Å². The van der Waals surface area contributed by atoms with Crippen LogP contribution < -0.4 is 4.72 Å². The van der Waals surface area contributed by atoms with Crippen molar-refractivity contribution in [3.05, 3.63) is 46.5 Å². The number of anilines is 1. The molecule has 0 radical (unpaired) electrons. The van der Waals surface area contributed by atoms with Gasteiger partial charge in [-0.15, -0.1) is 10.2 Å². The molecule has 132 valence electrons. The van der Waals surface area contributed by atoms with Gasteiger partial charge in [-0.25, -0.2) is 8.42 Å². The Hall–Kier alpha value is -2.61. The molecule has 0 amide bonds. The number of sulfonamides is 1. The van der Waals surface area contributed by atoms with Gasteiger partial charge in [-0.1, -0.05) is 12.1 Å². The number of rotatable bonds is 4. The zero-order valence-corrected chi connectivity index (χ0v) is 15.6. The van der Waals surface area contributed by atoms with E-state index in [1.165, 1.54) is 0 Å². The van der Waals surface area contributed by atoms with Crippen LogP contribution in [0.2, 0.25) is 0 Å². The topological polar surface area (TPSA) is 101 Å². The van der Waals surface area contributed by atoms with Crippen LogP contribution in [0.15, 0.2) is 27.5 Å². The SMILES string of the molecule is Cc1ccc(C)c(NS(=O)(=O)c2c(C)[nH]c(-c3nnc(C)o3)c2C)c1. The maximum absolute atomic E-state index is 13.0. The normalized spacial score (nSPS) is 11.7. The fraction of sp³-hybridized carbons (Fsp3) is 0.294. The fourth-order valence-electron chi connectivity index (χ4n) is 2.79. The molecule has 25 heavy (non-hydrogen) atoms. The summed E-state index contributed by atoms with van der Waals surface area (Å²) in [6.07, 6.45) is 0. The molecular weight excluding hydrogens is 340 g/mol. The molecule has 3 rings (SSSR count). The van der Waals surface area contributed by atoms with Gasteiger partial charge in [0.25, 0.3) is 15.9 Å². The molecule has 0 saturated carbocycles. The Morgan fingerprint density at radius 2 is 1.80 bits per heavy atom. The van der Waals surface area contributed by atoms with Crippen molar-refractivity contribution in [2.75, 3.05) is 4.72 Å². The number of nitrogens with one attached hydrogen (secondary N) is 2. The number of aromatic amines is 1. The first kappa shape index (κ1) is 17.2. The maximum Gasteiger partial charge on any atom is 0.264 e. The summed E-state index contributed by atoms with van der Waals surface area (Å²) in [5.41, 5.74) is 3.97. The number of hydrogen-bond donors (Lipinski definition) is 2. The number of H-pyrrole nitrogens is 1. The molecule has 0 aliphatic rings. The zero-order valence-electron chi connectivity index (χ0n) is 14.8.